The highest BCUT2D eigenvalue weighted by Crippen LogP contribution is 2.21. The van der Waals surface area contributed by atoms with Crippen molar-refractivity contribution in [2.24, 2.45) is 0 Å². The quantitative estimate of drug-likeness (QED) is 0.877. The summed E-state index contributed by atoms with van der Waals surface area (Å²) in [5.74, 6) is 0. The van der Waals surface area contributed by atoms with Crippen LogP contribution in [-0.4, -0.2) is 38.6 Å². The maximum absolute atomic E-state index is 12.0. The molecule has 0 bridgehead atoms. The van der Waals surface area contributed by atoms with Gasteiger partial charge in [-0.3, -0.25) is 0 Å². The predicted octanol–water partition coefficient (Wildman–Crippen LogP) is 1.43. The van der Waals surface area contributed by atoms with Gasteiger partial charge in [-0.25, -0.2) is 8.42 Å². The molecule has 2 N–H and O–H groups in total. The zero-order chi connectivity index (χ0) is 14.0. The van der Waals surface area contributed by atoms with Crippen molar-refractivity contribution in [3.8, 4) is 0 Å². The first-order valence-corrected chi connectivity index (χ1v) is 6.78. The van der Waals surface area contributed by atoms with Crippen LogP contribution in [0.25, 0.3) is 0 Å². The van der Waals surface area contributed by atoms with Crippen molar-refractivity contribution in [3.63, 3.8) is 0 Å². The van der Waals surface area contributed by atoms with Gasteiger partial charge in [0, 0.05) is 18.5 Å². The topological polar surface area (TPSA) is 66.4 Å². The predicted molar refractivity (Wildman–Crippen MR) is 60.1 cm³/mol. The number of rotatable bonds is 4. The molecule has 0 saturated heterocycles. The molecule has 0 saturated carbocycles. The van der Waals surface area contributed by atoms with Crippen LogP contribution in [0.1, 0.15) is 0 Å². The summed E-state index contributed by atoms with van der Waals surface area (Å²) in [6.45, 7) is -0.693. The van der Waals surface area contributed by atoms with Gasteiger partial charge in [-0.2, -0.15) is 13.2 Å². The van der Waals surface area contributed by atoms with Crippen molar-refractivity contribution in [2.75, 3.05) is 18.1 Å². The Morgan fingerprint density at radius 1 is 1.28 bits per heavy atom. The van der Waals surface area contributed by atoms with Gasteiger partial charge < -0.3 is 10.4 Å². The van der Waals surface area contributed by atoms with Crippen LogP contribution < -0.4 is 5.32 Å². The zero-order valence-corrected chi connectivity index (χ0v) is 10.2. The van der Waals surface area contributed by atoms with E-state index in [0.717, 1.165) is 6.26 Å². The Bertz CT molecular complexity index is 496. The third-order valence-electron chi connectivity index (χ3n) is 2.16. The van der Waals surface area contributed by atoms with Gasteiger partial charge in [-0.1, -0.05) is 0 Å². The summed E-state index contributed by atoms with van der Waals surface area (Å²) in [5.41, 5.74) is 0.297. The minimum absolute atomic E-state index is 0.0735. The van der Waals surface area contributed by atoms with E-state index < -0.39 is 28.7 Å². The van der Waals surface area contributed by atoms with E-state index in [4.69, 9.17) is 5.11 Å². The van der Waals surface area contributed by atoms with E-state index in [1.54, 1.807) is 0 Å². The Balaban J connectivity index is 2.66. The molecule has 1 atom stereocenters. The Morgan fingerprint density at radius 2 is 1.78 bits per heavy atom. The zero-order valence-electron chi connectivity index (χ0n) is 9.40. The lowest BCUT2D eigenvalue weighted by Gasteiger charge is -2.15. The second-order valence-electron chi connectivity index (χ2n) is 3.73. The molecule has 0 radical (unpaired) electrons. The molecule has 18 heavy (non-hydrogen) atoms. The van der Waals surface area contributed by atoms with Gasteiger partial charge in [0.25, 0.3) is 0 Å². The molecule has 0 amide bonds. The molecule has 1 unspecified atom stereocenters. The van der Waals surface area contributed by atoms with Gasteiger partial charge in [-0.05, 0) is 24.3 Å². The number of hydrogen-bond donors (Lipinski definition) is 2. The molecule has 1 rings (SSSR count). The maximum Gasteiger partial charge on any atom is 0.416 e. The van der Waals surface area contributed by atoms with E-state index in [2.05, 4.69) is 5.32 Å². The highest BCUT2D eigenvalue weighted by atomic mass is 32.2. The smallest absolute Gasteiger partial charge is 0.382 e. The van der Waals surface area contributed by atoms with Crippen molar-refractivity contribution in [2.45, 2.75) is 17.2 Å². The van der Waals surface area contributed by atoms with Crippen LogP contribution in [0.3, 0.4) is 0 Å². The van der Waals surface area contributed by atoms with E-state index in [1.807, 2.05) is 0 Å². The minimum atomic E-state index is -4.68. The fourth-order valence-electron chi connectivity index (χ4n) is 1.15. The van der Waals surface area contributed by atoms with E-state index in [-0.39, 0.29) is 4.90 Å². The van der Waals surface area contributed by atoms with Crippen molar-refractivity contribution in [1.82, 2.24) is 0 Å². The molecular weight excluding hydrogens is 271 g/mol. The Kier molecular flexibility index (Phi) is 4.23. The summed E-state index contributed by atoms with van der Waals surface area (Å²) < 4.78 is 58.3. The maximum atomic E-state index is 12.0. The normalized spacial score (nSPS) is 14.3. The number of benzene rings is 1. The lowest BCUT2D eigenvalue weighted by Crippen LogP contribution is -2.34. The van der Waals surface area contributed by atoms with Gasteiger partial charge in [-0.15, -0.1) is 0 Å². The number of aliphatic hydroxyl groups excluding tert-OH is 1. The lowest BCUT2D eigenvalue weighted by atomic mass is 10.3. The first-order valence-electron chi connectivity index (χ1n) is 4.89. The molecule has 0 aliphatic carbocycles. The van der Waals surface area contributed by atoms with Gasteiger partial charge in [0.2, 0.25) is 0 Å². The third-order valence-corrected chi connectivity index (χ3v) is 3.29. The van der Waals surface area contributed by atoms with Crippen LogP contribution in [0.15, 0.2) is 29.2 Å². The average molecular weight is 283 g/mol. The first-order chi connectivity index (χ1) is 8.10. The lowest BCUT2D eigenvalue weighted by molar-refractivity contribution is -0.198. The number of alkyl halides is 3. The molecule has 0 fully saturated rings. The SMILES string of the molecule is CS(=O)(=O)c1ccc(NCC(O)C(F)(F)F)cc1. The molecule has 4 nitrogen and oxygen atoms in total. The molecule has 1 aromatic rings. The number of aliphatic hydroxyl groups is 1. The van der Waals surface area contributed by atoms with Crippen LogP contribution in [0.5, 0.6) is 0 Å². The number of halogens is 3. The molecule has 0 aromatic heterocycles. The van der Waals surface area contributed by atoms with Crippen LogP contribution in [0.2, 0.25) is 0 Å². The fraction of sp³-hybridized carbons (Fsp3) is 0.400. The number of hydrogen-bond acceptors (Lipinski definition) is 4. The van der Waals surface area contributed by atoms with Crippen LogP contribution in [0, 0.1) is 0 Å². The second-order valence-corrected chi connectivity index (χ2v) is 5.75. The molecule has 8 heteroatoms. The largest absolute Gasteiger partial charge is 0.416 e. The second kappa shape index (κ2) is 5.15. The van der Waals surface area contributed by atoms with Crippen molar-refractivity contribution < 1.29 is 26.7 Å². The van der Waals surface area contributed by atoms with E-state index in [0.29, 0.717) is 5.69 Å². The van der Waals surface area contributed by atoms with Crippen LogP contribution >= 0.6 is 0 Å². The molecule has 0 aliphatic rings. The molecule has 0 spiro atoms. The first kappa shape index (κ1) is 14.8. The fourth-order valence-corrected chi connectivity index (χ4v) is 1.78. The molecule has 1 aromatic carbocycles. The van der Waals surface area contributed by atoms with Crippen LogP contribution in [0.4, 0.5) is 18.9 Å². The number of sulfone groups is 1. The highest BCUT2D eigenvalue weighted by Gasteiger charge is 2.37. The summed E-state index contributed by atoms with van der Waals surface area (Å²) in [4.78, 5) is 0.0735. The molecule has 102 valence electrons. The highest BCUT2D eigenvalue weighted by molar-refractivity contribution is 7.90. The Labute approximate surface area is 102 Å². The molecule has 0 heterocycles. The van der Waals surface area contributed by atoms with Gasteiger partial charge in [0.15, 0.2) is 15.9 Å². The summed E-state index contributed by atoms with van der Waals surface area (Å²) in [7, 11) is -3.33. The van der Waals surface area contributed by atoms with Crippen LogP contribution in [-0.2, 0) is 9.84 Å². The average Bonchev–Trinajstić information content (AvgIpc) is 2.24. The molecular formula is C10H12F3NO3S. The third kappa shape index (κ3) is 4.19. The standard InChI is InChI=1S/C10H12F3NO3S/c1-18(16,17)8-4-2-7(3-5-8)14-6-9(15)10(11,12)13/h2-5,9,14-15H,6H2,1H3. The van der Waals surface area contributed by atoms with Crippen molar-refractivity contribution in [1.29, 1.82) is 0 Å². The van der Waals surface area contributed by atoms with E-state index in [9.17, 15) is 21.6 Å². The summed E-state index contributed by atoms with van der Waals surface area (Å²) in [6.07, 6.45) is -6.12. The summed E-state index contributed by atoms with van der Waals surface area (Å²) in [5, 5.41) is 11.1. The van der Waals surface area contributed by atoms with Gasteiger partial charge in [0.1, 0.15) is 0 Å². The van der Waals surface area contributed by atoms with Crippen molar-refractivity contribution in [3.05, 3.63) is 24.3 Å². The summed E-state index contributed by atoms with van der Waals surface area (Å²) >= 11 is 0. The van der Waals surface area contributed by atoms with E-state index >= 15 is 0 Å². The molecule has 0 aliphatic heterocycles. The number of nitrogens with one attached hydrogen (secondary N) is 1. The van der Waals surface area contributed by atoms with Gasteiger partial charge >= 0.3 is 6.18 Å². The monoisotopic (exact) mass is 283 g/mol. The van der Waals surface area contributed by atoms with Gasteiger partial charge in [0.05, 0.1) is 4.90 Å². The van der Waals surface area contributed by atoms with E-state index in [1.165, 1.54) is 24.3 Å². The van der Waals surface area contributed by atoms with Crippen molar-refractivity contribution >= 4 is 15.5 Å². The Morgan fingerprint density at radius 3 is 2.17 bits per heavy atom. The summed E-state index contributed by atoms with van der Waals surface area (Å²) in [6, 6.07) is 5.22. The minimum Gasteiger partial charge on any atom is -0.382 e. The Hall–Kier alpha value is -1.28. The number of anilines is 1.